The molecule has 6 heteroatoms. The molecule has 0 heterocycles. The van der Waals surface area contributed by atoms with Crippen molar-refractivity contribution in [3.8, 4) is 0 Å². The topological polar surface area (TPSA) is 0 Å². The minimum absolute atomic E-state index is 0.403. The van der Waals surface area contributed by atoms with E-state index in [4.69, 9.17) is 0 Å². The van der Waals surface area contributed by atoms with E-state index >= 15 is 0 Å². The molecule has 0 aromatic heterocycles. The Morgan fingerprint density at radius 1 is 1.00 bits per heavy atom. The third-order valence-electron chi connectivity index (χ3n) is 2.12. The Labute approximate surface area is 71.9 Å². The predicted octanol–water partition coefficient (Wildman–Crippen LogP) is 3.36. The summed E-state index contributed by atoms with van der Waals surface area (Å²) in [5.41, 5.74) is -7.64. The van der Waals surface area contributed by atoms with Crippen LogP contribution in [0.25, 0.3) is 0 Å². The standard InChI is InChI=1S/C7H10F6/c1-3-5(2,9)6(10,4-8)7(11,12)13/h3-4H2,1-2H3. The van der Waals surface area contributed by atoms with Crippen molar-refractivity contribution in [1.82, 2.24) is 0 Å². The van der Waals surface area contributed by atoms with Gasteiger partial charge in [0.05, 0.1) is 0 Å². The first-order valence-electron chi connectivity index (χ1n) is 3.63. The Hall–Kier alpha value is -0.420. The zero-order valence-electron chi connectivity index (χ0n) is 7.18. The Morgan fingerprint density at radius 2 is 1.38 bits per heavy atom. The van der Waals surface area contributed by atoms with E-state index in [9.17, 15) is 26.3 Å². The summed E-state index contributed by atoms with van der Waals surface area (Å²) in [6.45, 7) is -0.979. The molecule has 0 aromatic rings. The van der Waals surface area contributed by atoms with Crippen LogP contribution in [0.1, 0.15) is 20.3 Å². The van der Waals surface area contributed by atoms with Gasteiger partial charge in [-0.05, 0) is 13.3 Å². The molecule has 80 valence electrons. The summed E-state index contributed by atoms with van der Waals surface area (Å²) in [6, 6.07) is 0. The lowest BCUT2D eigenvalue weighted by Gasteiger charge is -2.35. The number of hydrogen-bond donors (Lipinski definition) is 0. The van der Waals surface area contributed by atoms with E-state index in [2.05, 4.69) is 0 Å². The quantitative estimate of drug-likeness (QED) is 0.624. The molecule has 0 rings (SSSR count). The van der Waals surface area contributed by atoms with E-state index < -0.39 is 30.6 Å². The molecule has 0 saturated carbocycles. The van der Waals surface area contributed by atoms with Crippen LogP contribution in [0.2, 0.25) is 0 Å². The molecule has 0 spiro atoms. The zero-order chi connectivity index (χ0) is 10.9. The largest absolute Gasteiger partial charge is 0.428 e. The van der Waals surface area contributed by atoms with Crippen LogP contribution in [-0.2, 0) is 0 Å². The number of hydrogen-bond acceptors (Lipinski definition) is 0. The van der Waals surface area contributed by atoms with Crippen LogP contribution in [0.3, 0.4) is 0 Å². The fourth-order valence-corrected chi connectivity index (χ4v) is 0.791. The Morgan fingerprint density at radius 3 is 1.46 bits per heavy atom. The molecule has 0 fully saturated rings. The van der Waals surface area contributed by atoms with Crippen LogP contribution in [0.5, 0.6) is 0 Å². The third kappa shape index (κ3) is 1.91. The molecule has 2 unspecified atom stereocenters. The SMILES string of the molecule is CCC(C)(F)C(F)(CF)C(F)(F)F. The van der Waals surface area contributed by atoms with Gasteiger partial charge in [0, 0.05) is 0 Å². The van der Waals surface area contributed by atoms with Gasteiger partial charge in [0.25, 0.3) is 5.67 Å². The van der Waals surface area contributed by atoms with Crippen LogP contribution in [0.15, 0.2) is 0 Å². The van der Waals surface area contributed by atoms with Gasteiger partial charge in [0.2, 0.25) is 0 Å². The highest BCUT2D eigenvalue weighted by molar-refractivity contribution is 5.02. The Bertz CT molecular complexity index is 172. The van der Waals surface area contributed by atoms with Gasteiger partial charge < -0.3 is 0 Å². The van der Waals surface area contributed by atoms with Crippen LogP contribution in [0.4, 0.5) is 26.3 Å². The van der Waals surface area contributed by atoms with Crippen molar-refractivity contribution < 1.29 is 26.3 Å². The monoisotopic (exact) mass is 208 g/mol. The normalized spacial score (nSPS) is 22.2. The van der Waals surface area contributed by atoms with Gasteiger partial charge in [-0.2, -0.15) is 13.2 Å². The van der Waals surface area contributed by atoms with Gasteiger partial charge in [-0.15, -0.1) is 0 Å². The predicted molar refractivity (Wildman–Crippen MR) is 35.7 cm³/mol. The summed E-state index contributed by atoms with van der Waals surface area (Å²) in [6.07, 6.45) is -6.27. The van der Waals surface area contributed by atoms with Gasteiger partial charge in [0.15, 0.2) is 5.67 Å². The van der Waals surface area contributed by atoms with Gasteiger partial charge in [0.1, 0.15) is 6.67 Å². The van der Waals surface area contributed by atoms with E-state index in [0.717, 1.165) is 6.92 Å². The molecular formula is C7H10F6. The number of halogens is 6. The van der Waals surface area contributed by atoms with Crippen LogP contribution in [-0.4, -0.2) is 24.2 Å². The fraction of sp³-hybridized carbons (Fsp3) is 1.00. The molecule has 0 aliphatic heterocycles. The molecule has 13 heavy (non-hydrogen) atoms. The summed E-state index contributed by atoms with van der Waals surface area (Å²) in [5.74, 6) is 0. The van der Waals surface area contributed by atoms with Crippen LogP contribution >= 0.6 is 0 Å². The lowest BCUT2D eigenvalue weighted by atomic mass is 9.86. The molecule has 0 amide bonds. The average molecular weight is 208 g/mol. The Kier molecular flexibility index (Phi) is 3.27. The Balaban J connectivity index is 5.06. The van der Waals surface area contributed by atoms with E-state index in [1.807, 2.05) is 0 Å². The highest BCUT2D eigenvalue weighted by Gasteiger charge is 2.67. The second kappa shape index (κ2) is 3.38. The van der Waals surface area contributed by atoms with Crippen molar-refractivity contribution in [3.05, 3.63) is 0 Å². The van der Waals surface area contributed by atoms with Crippen molar-refractivity contribution in [3.63, 3.8) is 0 Å². The molecular weight excluding hydrogens is 198 g/mol. The van der Waals surface area contributed by atoms with Crippen molar-refractivity contribution in [2.45, 2.75) is 37.8 Å². The molecule has 0 bridgehead atoms. The first-order chi connectivity index (χ1) is 5.62. The van der Waals surface area contributed by atoms with Gasteiger partial charge in [-0.25, -0.2) is 13.2 Å². The molecule has 0 nitrogen and oxygen atoms in total. The summed E-state index contributed by atoms with van der Waals surface area (Å²) >= 11 is 0. The van der Waals surface area contributed by atoms with Crippen molar-refractivity contribution in [2.24, 2.45) is 0 Å². The summed E-state index contributed by atoms with van der Waals surface area (Å²) < 4.78 is 73.6. The maximum Gasteiger partial charge on any atom is 0.428 e. The number of rotatable bonds is 3. The second-order valence-corrected chi connectivity index (χ2v) is 2.98. The van der Waals surface area contributed by atoms with Gasteiger partial charge in [-0.1, -0.05) is 6.92 Å². The van der Waals surface area contributed by atoms with Gasteiger partial charge >= 0.3 is 6.18 Å². The lowest BCUT2D eigenvalue weighted by Crippen LogP contribution is -2.57. The summed E-state index contributed by atoms with van der Waals surface area (Å²) in [7, 11) is 0. The lowest BCUT2D eigenvalue weighted by molar-refractivity contribution is -0.275. The van der Waals surface area contributed by atoms with Crippen molar-refractivity contribution in [2.75, 3.05) is 6.67 Å². The van der Waals surface area contributed by atoms with Crippen LogP contribution < -0.4 is 0 Å². The van der Waals surface area contributed by atoms with Crippen molar-refractivity contribution in [1.29, 1.82) is 0 Å². The van der Waals surface area contributed by atoms with E-state index in [0.29, 0.717) is 6.92 Å². The minimum Gasteiger partial charge on any atom is -0.247 e. The maximum atomic E-state index is 13.0. The highest BCUT2D eigenvalue weighted by Crippen LogP contribution is 2.45. The van der Waals surface area contributed by atoms with E-state index in [1.165, 1.54) is 0 Å². The number of alkyl halides is 6. The summed E-state index contributed by atoms with van der Waals surface area (Å²) in [5, 5.41) is 0. The molecule has 0 N–H and O–H groups in total. The second-order valence-electron chi connectivity index (χ2n) is 2.98. The molecule has 0 aliphatic rings. The smallest absolute Gasteiger partial charge is 0.247 e. The van der Waals surface area contributed by atoms with E-state index in [-0.39, 0.29) is 0 Å². The van der Waals surface area contributed by atoms with Crippen molar-refractivity contribution >= 4 is 0 Å². The molecule has 0 aliphatic carbocycles. The van der Waals surface area contributed by atoms with Gasteiger partial charge in [-0.3, -0.25) is 0 Å². The fourth-order valence-electron chi connectivity index (χ4n) is 0.791. The van der Waals surface area contributed by atoms with Crippen LogP contribution in [0, 0.1) is 0 Å². The zero-order valence-corrected chi connectivity index (χ0v) is 7.18. The van der Waals surface area contributed by atoms with E-state index in [1.54, 1.807) is 0 Å². The average Bonchev–Trinajstić information content (AvgIpc) is 2.00. The maximum absolute atomic E-state index is 13.0. The molecule has 2 atom stereocenters. The summed E-state index contributed by atoms with van der Waals surface area (Å²) in [4.78, 5) is 0. The first-order valence-corrected chi connectivity index (χ1v) is 3.63. The third-order valence-corrected chi connectivity index (χ3v) is 2.12. The first kappa shape index (κ1) is 12.6. The molecule has 0 aromatic carbocycles. The minimum atomic E-state index is -5.53. The molecule has 0 radical (unpaired) electrons. The highest BCUT2D eigenvalue weighted by atomic mass is 19.4. The molecule has 0 saturated heterocycles.